The minimum atomic E-state index is 0.524. The summed E-state index contributed by atoms with van der Waals surface area (Å²) >= 11 is 0. The first-order valence-corrected chi connectivity index (χ1v) is 5.41. The van der Waals surface area contributed by atoms with Crippen molar-refractivity contribution in [1.29, 1.82) is 0 Å². The van der Waals surface area contributed by atoms with Gasteiger partial charge >= 0.3 is 0 Å². The van der Waals surface area contributed by atoms with Gasteiger partial charge in [0.2, 0.25) is 0 Å². The molecule has 0 atom stereocenters. The third kappa shape index (κ3) is 2.79. The zero-order chi connectivity index (χ0) is 12.1. The quantitative estimate of drug-likeness (QED) is 0.799. The fourth-order valence-corrected chi connectivity index (χ4v) is 1.61. The monoisotopic (exact) mass is 233 g/mol. The second-order valence-electron chi connectivity index (χ2n) is 3.64. The van der Waals surface area contributed by atoms with Gasteiger partial charge < -0.3 is 10.5 Å². The summed E-state index contributed by atoms with van der Waals surface area (Å²) in [6, 6.07) is 7.85. The number of nitrogens with zero attached hydrogens (tertiary/aromatic N) is 4. The van der Waals surface area contributed by atoms with E-state index in [1.807, 2.05) is 24.3 Å². The summed E-state index contributed by atoms with van der Waals surface area (Å²) in [5.41, 5.74) is 6.60. The van der Waals surface area contributed by atoms with Crippen molar-refractivity contribution in [3.8, 4) is 5.75 Å². The largest absolute Gasteiger partial charge is 0.497 e. The molecule has 2 N–H and O–H groups in total. The Bertz CT molecular complexity index is 482. The van der Waals surface area contributed by atoms with Crippen LogP contribution in [-0.4, -0.2) is 33.9 Å². The molecule has 1 aromatic carbocycles. The summed E-state index contributed by atoms with van der Waals surface area (Å²) in [5.74, 6) is 1.64. The zero-order valence-corrected chi connectivity index (χ0v) is 9.71. The standard InChI is InChI=1S/C11H15N5O/c1-17-10-4-2-3-9(7-10)8-11-13-14-15-16(11)6-5-12/h2-4,7H,5-6,8,12H2,1H3. The topological polar surface area (TPSA) is 78.9 Å². The predicted molar refractivity (Wildman–Crippen MR) is 62.7 cm³/mol. The maximum Gasteiger partial charge on any atom is 0.155 e. The van der Waals surface area contributed by atoms with Gasteiger partial charge in [0.05, 0.1) is 13.7 Å². The zero-order valence-electron chi connectivity index (χ0n) is 9.71. The summed E-state index contributed by atoms with van der Waals surface area (Å²) in [6.45, 7) is 1.16. The molecule has 2 rings (SSSR count). The Labute approximate surface area is 99.4 Å². The average Bonchev–Trinajstić information content (AvgIpc) is 2.78. The van der Waals surface area contributed by atoms with Crippen LogP contribution in [-0.2, 0) is 13.0 Å². The lowest BCUT2D eigenvalue weighted by molar-refractivity contribution is 0.414. The van der Waals surface area contributed by atoms with E-state index in [4.69, 9.17) is 10.5 Å². The molecule has 0 aliphatic heterocycles. The van der Waals surface area contributed by atoms with Gasteiger partial charge in [0.25, 0.3) is 0 Å². The van der Waals surface area contributed by atoms with Gasteiger partial charge in [-0.05, 0) is 28.1 Å². The molecule has 2 aromatic rings. The van der Waals surface area contributed by atoms with Crippen LogP contribution in [0.5, 0.6) is 5.75 Å². The lowest BCUT2D eigenvalue weighted by atomic mass is 10.1. The molecule has 0 fully saturated rings. The van der Waals surface area contributed by atoms with Crippen LogP contribution in [0.4, 0.5) is 0 Å². The third-order valence-corrected chi connectivity index (χ3v) is 2.44. The number of aromatic nitrogens is 4. The lowest BCUT2D eigenvalue weighted by Crippen LogP contribution is -2.14. The van der Waals surface area contributed by atoms with Gasteiger partial charge in [-0.15, -0.1) is 5.10 Å². The highest BCUT2D eigenvalue weighted by Crippen LogP contribution is 2.14. The van der Waals surface area contributed by atoms with Crippen LogP contribution < -0.4 is 10.5 Å². The van der Waals surface area contributed by atoms with Crippen LogP contribution in [0.3, 0.4) is 0 Å². The molecule has 0 bridgehead atoms. The minimum absolute atomic E-state index is 0.524. The van der Waals surface area contributed by atoms with Gasteiger partial charge in [-0.3, -0.25) is 0 Å². The summed E-state index contributed by atoms with van der Waals surface area (Å²) in [6.07, 6.45) is 0.671. The van der Waals surface area contributed by atoms with Crippen LogP contribution in [0.25, 0.3) is 0 Å². The summed E-state index contributed by atoms with van der Waals surface area (Å²) in [7, 11) is 1.65. The highest BCUT2D eigenvalue weighted by atomic mass is 16.5. The van der Waals surface area contributed by atoms with E-state index in [1.54, 1.807) is 11.8 Å². The van der Waals surface area contributed by atoms with E-state index >= 15 is 0 Å². The van der Waals surface area contributed by atoms with E-state index in [0.29, 0.717) is 19.5 Å². The molecular formula is C11H15N5O. The van der Waals surface area contributed by atoms with Crippen LogP contribution in [0.15, 0.2) is 24.3 Å². The maximum atomic E-state index is 5.49. The van der Waals surface area contributed by atoms with Crippen LogP contribution in [0.1, 0.15) is 11.4 Å². The van der Waals surface area contributed by atoms with Crippen molar-refractivity contribution in [3.63, 3.8) is 0 Å². The number of nitrogens with two attached hydrogens (primary N) is 1. The van der Waals surface area contributed by atoms with Crippen molar-refractivity contribution < 1.29 is 4.74 Å². The van der Waals surface area contributed by atoms with E-state index in [-0.39, 0.29) is 0 Å². The molecule has 6 nitrogen and oxygen atoms in total. The van der Waals surface area contributed by atoms with E-state index < -0.39 is 0 Å². The summed E-state index contributed by atoms with van der Waals surface area (Å²) in [4.78, 5) is 0. The fourth-order valence-electron chi connectivity index (χ4n) is 1.61. The highest BCUT2D eigenvalue weighted by molar-refractivity contribution is 5.30. The Morgan fingerprint density at radius 3 is 3.06 bits per heavy atom. The molecular weight excluding hydrogens is 218 g/mol. The second kappa shape index (κ2) is 5.40. The Balaban J connectivity index is 2.16. The molecule has 0 aliphatic carbocycles. The Hall–Kier alpha value is -1.95. The molecule has 0 radical (unpaired) electrons. The number of hydrogen-bond acceptors (Lipinski definition) is 5. The smallest absolute Gasteiger partial charge is 0.155 e. The maximum absolute atomic E-state index is 5.49. The van der Waals surface area contributed by atoms with Gasteiger partial charge in [-0.2, -0.15) is 0 Å². The third-order valence-electron chi connectivity index (χ3n) is 2.44. The number of benzene rings is 1. The van der Waals surface area contributed by atoms with Crippen molar-refractivity contribution in [1.82, 2.24) is 20.2 Å². The van der Waals surface area contributed by atoms with E-state index in [1.165, 1.54) is 0 Å². The molecule has 0 saturated carbocycles. The predicted octanol–water partition coefficient (Wildman–Crippen LogP) is 0.231. The van der Waals surface area contributed by atoms with Crippen LogP contribution in [0, 0.1) is 0 Å². The van der Waals surface area contributed by atoms with Gasteiger partial charge in [0.1, 0.15) is 5.75 Å². The first-order valence-electron chi connectivity index (χ1n) is 5.41. The molecule has 1 heterocycles. The number of methoxy groups -OCH3 is 1. The Kier molecular flexibility index (Phi) is 3.66. The van der Waals surface area contributed by atoms with Crippen LogP contribution >= 0.6 is 0 Å². The highest BCUT2D eigenvalue weighted by Gasteiger charge is 2.06. The van der Waals surface area contributed by atoms with Crippen molar-refractivity contribution in [2.45, 2.75) is 13.0 Å². The van der Waals surface area contributed by atoms with Crippen molar-refractivity contribution in [2.24, 2.45) is 5.73 Å². The number of ether oxygens (including phenoxy) is 1. The molecule has 0 spiro atoms. The number of hydrogen-bond donors (Lipinski definition) is 1. The molecule has 90 valence electrons. The van der Waals surface area contributed by atoms with Crippen LogP contribution in [0.2, 0.25) is 0 Å². The average molecular weight is 233 g/mol. The SMILES string of the molecule is COc1cccc(Cc2nnnn2CCN)c1. The second-order valence-corrected chi connectivity index (χ2v) is 3.64. The summed E-state index contributed by atoms with van der Waals surface area (Å²) < 4.78 is 6.90. The molecule has 17 heavy (non-hydrogen) atoms. The Morgan fingerprint density at radius 1 is 1.41 bits per heavy atom. The molecule has 0 aliphatic rings. The normalized spacial score (nSPS) is 10.5. The summed E-state index contributed by atoms with van der Waals surface area (Å²) in [5, 5.41) is 11.5. The molecule has 6 heteroatoms. The van der Waals surface area contributed by atoms with Crippen molar-refractivity contribution >= 4 is 0 Å². The molecule has 1 aromatic heterocycles. The first-order chi connectivity index (χ1) is 8.33. The molecule has 0 saturated heterocycles. The molecule has 0 amide bonds. The van der Waals surface area contributed by atoms with E-state index in [9.17, 15) is 0 Å². The Morgan fingerprint density at radius 2 is 2.29 bits per heavy atom. The van der Waals surface area contributed by atoms with Gasteiger partial charge in [-0.1, -0.05) is 12.1 Å². The van der Waals surface area contributed by atoms with E-state index in [0.717, 1.165) is 17.1 Å². The van der Waals surface area contributed by atoms with Crippen molar-refractivity contribution in [3.05, 3.63) is 35.7 Å². The van der Waals surface area contributed by atoms with Gasteiger partial charge in [-0.25, -0.2) is 4.68 Å². The van der Waals surface area contributed by atoms with E-state index in [2.05, 4.69) is 15.5 Å². The fraction of sp³-hybridized carbons (Fsp3) is 0.364. The lowest BCUT2D eigenvalue weighted by Gasteiger charge is -2.04. The number of rotatable bonds is 5. The first kappa shape index (κ1) is 11.5. The molecule has 0 unspecified atom stereocenters. The van der Waals surface area contributed by atoms with Gasteiger partial charge in [0, 0.05) is 13.0 Å². The van der Waals surface area contributed by atoms with Crippen molar-refractivity contribution in [2.75, 3.05) is 13.7 Å². The minimum Gasteiger partial charge on any atom is -0.497 e. The van der Waals surface area contributed by atoms with Gasteiger partial charge in [0.15, 0.2) is 5.82 Å². The number of tetrazole rings is 1.